The number of aryl methyl sites for hydroxylation is 3. The molecule has 0 aromatic heterocycles. The van der Waals surface area contributed by atoms with Crippen LogP contribution in [-0.4, -0.2) is 37.0 Å². The summed E-state index contributed by atoms with van der Waals surface area (Å²) in [6.07, 6.45) is 0.669. The van der Waals surface area contributed by atoms with E-state index in [1.165, 1.54) is 22.4 Å². The van der Waals surface area contributed by atoms with Crippen LogP contribution < -0.4 is 4.90 Å². The Morgan fingerprint density at radius 1 is 1.05 bits per heavy atom. The van der Waals surface area contributed by atoms with E-state index in [1.54, 1.807) is 0 Å². The highest BCUT2D eigenvalue weighted by atomic mass is 16.2. The number of anilines is 1. The molecule has 0 aliphatic carbocycles. The lowest BCUT2D eigenvalue weighted by molar-refractivity contribution is -0.132. The van der Waals surface area contributed by atoms with Gasteiger partial charge in [0.1, 0.15) is 0 Å². The lowest BCUT2D eigenvalue weighted by atomic mass is 10.0. The average molecular weight is 288 g/mol. The largest absolute Gasteiger partial charge is 0.368 e. The van der Waals surface area contributed by atoms with Crippen molar-refractivity contribution >= 4 is 11.6 Å². The Kier molecular flexibility index (Phi) is 4.92. The molecule has 1 aromatic rings. The molecule has 0 unspecified atom stereocenters. The summed E-state index contributed by atoms with van der Waals surface area (Å²) in [6, 6.07) is 4.50. The van der Waals surface area contributed by atoms with E-state index in [2.05, 4.69) is 51.7 Å². The third-order valence-corrected chi connectivity index (χ3v) is 4.17. The van der Waals surface area contributed by atoms with Crippen molar-refractivity contribution in [1.29, 1.82) is 0 Å². The summed E-state index contributed by atoms with van der Waals surface area (Å²) in [7, 11) is 0. The van der Waals surface area contributed by atoms with Crippen LogP contribution >= 0.6 is 0 Å². The predicted molar refractivity (Wildman–Crippen MR) is 88.9 cm³/mol. The van der Waals surface area contributed by atoms with Crippen molar-refractivity contribution in [3.63, 3.8) is 0 Å². The Bertz CT molecular complexity index is 491. The van der Waals surface area contributed by atoms with Gasteiger partial charge in [0.15, 0.2) is 0 Å². The van der Waals surface area contributed by atoms with Crippen molar-refractivity contribution in [2.24, 2.45) is 5.92 Å². The molecule has 0 spiro atoms. The van der Waals surface area contributed by atoms with Crippen molar-refractivity contribution in [3.05, 3.63) is 28.8 Å². The highest BCUT2D eigenvalue weighted by Crippen LogP contribution is 2.27. The summed E-state index contributed by atoms with van der Waals surface area (Å²) in [5, 5.41) is 0. The van der Waals surface area contributed by atoms with Crippen LogP contribution in [0.1, 0.15) is 37.0 Å². The van der Waals surface area contributed by atoms with Gasteiger partial charge in [-0.25, -0.2) is 0 Å². The van der Waals surface area contributed by atoms with Crippen molar-refractivity contribution in [1.82, 2.24) is 4.90 Å². The molecule has 1 aliphatic rings. The van der Waals surface area contributed by atoms with Gasteiger partial charge in [0, 0.05) is 38.3 Å². The second kappa shape index (κ2) is 6.50. The topological polar surface area (TPSA) is 23.6 Å². The molecule has 1 aromatic carbocycles. The highest BCUT2D eigenvalue weighted by Gasteiger charge is 2.23. The first kappa shape index (κ1) is 15.9. The van der Waals surface area contributed by atoms with Gasteiger partial charge in [-0.1, -0.05) is 31.5 Å². The van der Waals surface area contributed by atoms with Crippen LogP contribution in [0.4, 0.5) is 5.69 Å². The second-order valence-corrected chi connectivity index (χ2v) is 6.71. The number of piperazine rings is 1. The van der Waals surface area contributed by atoms with Gasteiger partial charge >= 0.3 is 0 Å². The molecule has 0 bridgehead atoms. The lowest BCUT2D eigenvalue weighted by Crippen LogP contribution is -2.49. The highest BCUT2D eigenvalue weighted by molar-refractivity contribution is 5.76. The first-order valence-corrected chi connectivity index (χ1v) is 7.99. The number of rotatable bonds is 3. The number of benzene rings is 1. The first-order valence-electron chi connectivity index (χ1n) is 7.99. The van der Waals surface area contributed by atoms with E-state index in [-0.39, 0.29) is 0 Å². The minimum atomic E-state index is 0.307. The fraction of sp³-hybridized carbons (Fsp3) is 0.611. The summed E-state index contributed by atoms with van der Waals surface area (Å²) >= 11 is 0. The van der Waals surface area contributed by atoms with Crippen LogP contribution in [0, 0.1) is 26.7 Å². The van der Waals surface area contributed by atoms with E-state index in [0.717, 1.165) is 26.2 Å². The quantitative estimate of drug-likeness (QED) is 0.852. The molecular formula is C18H28N2O. The number of amides is 1. The zero-order valence-corrected chi connectivity index (χ0v) is 14.1. The van der Waals surface area contributed by atoms with E-state index >= 15 is 0 Å². The minimum absolute atomic E-state index is 0.307. The monoisotopic (exact) mass is 288 g/mol. The molecule has 1 saturated heterocycles. The molecule has 1 amide bonds. The Morgan fingerprint density at radius 3 is 2.05 bits per heavy atom. The molecule has 21 heavy (non-hydrogen) atoms. The van der Waals surface area contributed by atoms with E-state index < -0.39 is 0 Å². The minimum Gasteiger partial charge on any atom is -0.368 e. The molecule has 0 atom stereocenters. The Labute approximate surface area is 128 Å². The Morgan fingerprint density at radius 2 is 1.57 bits per heavy atom. The molecular weight excluding hydrogens is 260 g/mol. The molecule has 0 N–H and O–H groups in total. The summed E-state index contributed by atoms with van der Waals surface area (Å²) in [4.78, 5) is 16.6. The average Bonchev–Trinajstić information content (AvgIpc) is 2.37. The molecule has 3 nitrogen and oxygen atoms in total. The van der Waals surface area contributed by atoms with E-state index in [1.807, 2.05) is 4.90 Å². The van der Waals surface area contributed by atoms with Gasteiger partial charge < -0.3 is 9.80 Å². The van der Waals surface area contributed by atoms with Crippen LogP contribution in [0.2, 0.25) is 0 Å². The van der Waals surface area contributed by atoms with Crippen LogP contribution in [0.5, 0.6) is 0 Å². The Balaban J connectivity index is 2.03. The fourth-order valence-electron chi connectivity index (χ4n) is 3.33. The van der Waals surface area contributed by atoms with Gasteiger partial charge in [-0.05, 0) is 37.8 Å². The number of nitrogens with zero attached hydrogens (tertiary/aromatic N) is 2. The third kappa shape index (κ3) is 3.78. The molecule has 116 valence electrons. The van der Waals surface area contributed by atoms with E-state index in [9.17, 15) is 4.79 Å². The molecule has 2 rings (SSSR count). The van der Waals surface area contributed by atoms with Crippen molar-refractivity contribution in [2.45, 2.75) is 41.0 Å². The molecule has 3 heteroatoms. The maximum atomic E-state index is 12.1. The van der Waals surface area contributed by atoms with Crippen molar-refractivity contribution < 1.29 is 4.79 Å². The lowest BCUT2D eigenvalue weighted by Gasteiger charge is -2.38. The summed E-state index contributed by atoms with van der Waals surface area (Å²) < 4.78 is 0. The normalized spacial score (nSPS) is 15.7. The van der Waals surface area contributed by atoms with Crippen molar-refractivity contribution in [2.75, 3.05) is 31.1 Å². The van der Waals surface area contributed by atoms with Crippen LogP contribution in [0.15, 0.2) is 12.1 Å². The van der Waals surface area contributed by atoms with Crippen LogP contribution in [-0.2, 0) is 4.79 Å². The zero-order chi connectivity index (χ0) is 15.6. The maximum absolute atomic E-state index is 12.1. The number of carbonyl (C=O) groups excluding carboxylic acids is 1. The molecule has 0 radical (unpaired) electrons. The standard InChI is InChI=1S/C18H28N2O/c1-13(2)10-17(21)19-6-8-20(9-7-19)18-15(4)11-14(3)12-16(18)5/h11-13H,6-10H2,1-5H3. The van der Waals surface area contributed by atoms with Crippen LogP contribution in [0.25, 0.3) is 0 Å². The SMILES string of the molecule is Cc1cc(C)c(N2CCN(C(=O)CC(C)C)CC2)c(C)c1. The van der Waals surface area contributed by atoms with Crippen LogP contribution in [0.3, 0.4) is 0 Å². The maximum Gasteiger partial charge on any atom is 0.222 e. The molecule has 1 heterocycles. The second-order valence-electron chi connectivity index (χ2n) is 6.71. The van der Waals surface area contributed by atoms with Gasteiger partial charge in [0.05, 0.1) is 0 Å². The third-order valence-electron chi connectivity index (χ3n) is 4.17. The van der Waals surface area contributed by atoms with Gasteiger partial charge in [-0.3, -0.25) is 4.79 Å². The number of hydrogen-bond acceptors (Lipinski definition) is 2. The number of hydrogen-bond donors (Lipinski definition) is 0. The summed E-state index contributed by atoms with van der Waals surface area (Å²) in [6.45, 7) is 14.3. The van der Waals surface area contributed by atoms with Gasteiger partial charge in [-0.15, -0.1) is 0 Å². The fourth-order valence-corrected chi connectivity index (χ4v) is 3.33. The molecule has 1 fully saturated rings. The van der Waals surface area contributed by atoms with Gasteiger partial charge in [0.25, 0.3) is 0 Å². The summed E-state index contributed by atoms with van der Waals surface area (Å²) in [5.74, 6) is 0.749. The zero-order valence-electron chi connectivity index (χ0n) is 14.1. The Hall–Kier alpha value is -1.51. The number of carbonyl (C=O) groups is 1. The summed E-state index contributed by atoms with van der Waals surface area (Å²) in [5.41, 5.74) is 5.36. The smallest absolute Gasteiger partial charge is 0.222 e. The molecule has 0 saturated carbocycles. The molecule has 1 aliphatic heterocycles. The van der Waals surface area contributed by atoms with E-state index in [0.29, 0.717) is 18.2 Å². The van der Waals surface area contributed by atoms with Gasteiger partial charge in [0.2, 0.25) is 5.91 Å². The van der Waals surface area contributed by atoms with E-state index in [4.69, 9.17) is 0 Å². The first-order chi connectivity index (χ1) is 9.88. The van der Waals surface area contributed by atoms with Gasteiger partial charge in [-0.2, -0.15) is 0 Å². The predicted octanol–water partition coefficient (Wildman–Crippen LogP) is 3.31. The van der Waals surface area contributed by atoms with Crippen molar-refractivity contribution in [3.8, 4) is 0 Å².